The number of nitrogens with two attached hydrogens (primary N) is 1. The van der Waals surface area contributed by atoms with Crippen LogP contribution in [0.3, 0.4) is 0 Å². The summed E-state index contributed by atoms with van der Waals surface area (Å²) in [5.74, 6) is 0.137. The van der Waals surface area contributed by atoms with Crippen LogP contribution in [0.1, 0.15) is 31.2 Å². The number of nitrogens with zero attached hydrogens (tertiary/aromatic N) is 2. The van der Waals surface area contributed by atoms with Gasteiger partial charge in [0.1, 0.15) is 0 Å². The number of carbonyl (C=O) groups excluding carboxylic acids is 2. The summed E-state index contributed by atoms with van der Waals surface area (Å²) < 4.78 is 0. The Kier molecular flexibility index (Phi) is 5.51. The minimum atomic E-state index is -0.226. The maximum atomic E-state index is 12.7. The molecule has 0 aliphatic carbocycles. The Morgan fingerprint density at radius 2 is 1.50 bits per heavy atom. The summed E-state index contributed by atoms with van der Waals surface area (Å²) in [4.78, 5) is 28.3. The van der Waals surface area contributed by atoms with Crippen LogP contribution < -0.4 is 5.73 Å². The molecule has 2 amide bonds. The van der Waals surface area contributed by atoms with E-state index >= 15 is 0 Å². The van der Waals surface area contributed by atoms with E-state index in [1.807, 2.05) is 11.0 Å². The molecule has 0 spiro atoms. The fourth-order valence-electron chi connectivity index (χ4n) is 3.82. The third-order valence-electron chi connectivity index (χ3n) is 5.39. The molecular weight excluding hydrogens is 302 g/mol. The molecular formula is C19H27N3O2. The van der Waals surface area contributed by atoms with Gasteiger partial charge in [-0.25, -0.2) is 0 Å². The number of amides is 2. The molecule has 0 radical (unpaired) electrons. The standard InChI is InChI=1S/C19H27N3O2/c20-18(23)16-8-12-22(13-9-16)19(24)17-6-10-21(11-7-17)14-15-4-2-1-3-5-15/h1-5,16-17H,6-14H2,(H2,20,23). The zero-order valence-electron chi connectivity index (χ0n) is 14.2. The molecule has 2 fully saturated rings. The molecule has 2 N–H and O–H groups in total. The Hall–Kier alpha value is -1.88. The van der Waals surface area contributed by atoms with Crippen LogP contribution >= 0.6 is 0 Å². The smallest absolute Gasteiger partial charge is 0.225 e. The Morgan fingerprint density at radius 1 is 0.917 bits per heavy atom. The van der Waals surface area contributed by atoms with Gasteiger partial charge in [-0.2, -0.15) is 0 Å². The minimum absolute atomic E-state index is 0.0539. The van der Waals surface area contributed by atoms with Gasteiger partial charge in [0.25, 0.3) is 0 Å². The lowest BCUT2D eigenvalue weighted by Crippen LogP contribution is -2.46. The van der Waals surface area contributed by atoms with Gasteiger partial charge in [-0.15, -0.1) is 0 Å². The van der Waals surface area contributed by atoms with E-state index in [2.05, 4.69) is 29.2 Å². The van der Waals surface area contributed by atoms with Crippen LogP contribution in [0.25, 0.3) is 0 Å². The lowest BCUT2D eigenvalue weighted by molar-refractivity contribution is -0.140. The molecule has 5 nitrogen and oxygen atoms in total. The second kappa shape index (κ2) is 7.79. The molecule has 5 heteroatoms. The van der Waals surface area contributed by atoms with E-state index in [0.29, 0.717) is 25.9 Å². The van der Waals surface area contributed by atoms with Gasteiger partial charge in [-0.1, -0.05) is 30.3 Å². The highest BCUT2D eigenvalue weighted by Crippen LogP contribution is 2.24. The van der Waals surface area contributed by atoms with E-state index in [-0.39, 0.29) is 23.7 Å². The monoisotopic (exact) mass is 329 g/mol. The zero-order chi connectivity index (χ0) is 16.9. The lowest BCUT2D eigenvalue weighted by Gasteiger charge is -2.36. The second-order valence-corrected chi connectivity index (χ2v) is 7.04. The van der Waals surface area contributed by atoms with Gasteiger partial charge in [-0.05, 0) is 44.3 Å². The van der Waals surface area contributed by atoms with Gasteiger partial charge < -0.3 is 10.6 Å². The summed E-state index contributed by atoms with van der Waals surface area (Å²) in [5, 5.41) is 0. The van der Waals surface area contributed by atoms with Crippen LogP contribution in [0.4, 0.5) is 0 Å². The first-order valence-electron chi connectivity index (χ1n) is 8.98. The summed E-state index contributed by atoms with van der Waals surface area (Å²) in [5.41, 5.74) is 6.69. The van der Waals surface area contributed by atoms with E-state index in [1.54, 1.807) is 0 Å². The van der Waals surface area contributed by atoms with Crippen molar-refractivity contribution in [3.05, 3.63) is 35.9 Å². The first kappa shape index (κ1) is 17.0. The molecule has 0 saturated carbocycles. The molecule has 2 saturated heterocycles. The van der Waals surface area contributed by atoms with Gasteiger partial charge in [-0.3, -0.25) is 14.5 Å². The van der Waals surface area contributed by atoms with E-state index in [0.717, 1.165) is 32.5 Å². The molecule has 0 atom stereocenters. The summed E-state index contributed by atoms with van der Waals surface area (Å²) in [7, 11) is 0. The highest BCUT2D eigenvalue weighted by atomic mass is 16.2. The molecule has 2 aliphatic heterocycles. The topological polar surface area (TPSA) is 66.6 Å². The van der Waals surface area contributed by atoms with Gasteiger partial charge in [0.05, 0.1) is 0 Å². The van der Waals surface area contributed by atoms with Gasteiger partial charge in [0.15, 0.2) is 0 Å². The maximum Gasteiger partial charge on any atom is 0.225 e. The highest BCUT2D eigenvalue weighted by Gasteiger charge is 2.31. The van der Waals surface area contributed by atoms with Gasteiger partial charge in [0.2, 0.25) is 11.8 Å². The van der Waals surface area contributed by atoms with Crippen LogP contribution in [-0.4, -0.2) is 47.8 Å². The van der Waals surface area contributed by atoms with Crippen molar-refractivity contribution in [3.63, 3.8) is 0 Å². The number of primary amides is 1. The van der Waals surface area contributed by atoms with Crippen molar-refractivity contribution >= 4 is 11.8 Å². The molecule has 0 unspecified atom stereocenters. The van der Waals surface area contributed by atoms with Crippen molar-refractivity contribution in [1.82, 2.24) is 9.80 Å². The van der Waals surface area contributed by atoms with Gasteiger partial charge >= 0.3 is 0 Å². The highest BCUT2D eigenvalue weighted by molar-refractivity contribution is 5.80. The lowest BCUT2D eigenvalue weighted by atomic mass is 9.91. The van der Waals surface area contributed by atoms with Crippen molar-refractivity contribution in [2.45, 2.75) is 32.2 Å². The van der Waals surface area contributed by atoms with Crippen molar-refractivity contribution in [2.75, 3.05) is 26.2 Å². The second-order valence-electron chi connectivity index (χ2n) is 7.04. The fraction of sp³-hybridized carbons (Fsp3) is 0.579. The van der Waals surface area contributed by atoms with Crippen molar-refractivity contribution in [1.29, 1.82) is 0 Å². The molecule has 2 heterocycles. The zero-order valence-corrected chi connectivity index (χ0v) is 14.2. The van der Waals surface area contributed by atoms with E-state index in [4.69, 9.17) is 5.73 Å². The van der Waals surface area contributed by atoms with Crippen LogP contribution in [-0.2, 0) is 16.1 Å². The Balaban J connectivity index is 1.45. The van der Waals surface area contributed by atoms with Crippen molar-refractivity contribution < 1.29 is 9.59 Å². The molecule has 1 aromatic rings. The first-order chi connectivity index (χ1) is 11.6. The number of hydrogen-bond donors (Lipinski definition) is 1. The molecule has 0 aromatic heterocycles. The van der Waals surface area contributed by atoms with Crippen LogP contribution in [0.5, 0.6) is 0 Å². The van der Waals surface area contributed by atoms with Gasteiger partial charge in [0, 0.05) is 31.5 Å². The predicted molar refractivity (Wildman–Crippen MR) is 92.9 cm³/mol. The Labute approximate surface area is 143 Å². The Morgan fingerprint density at radius 3 is 2.08 bits per heavy atom. The third-order valence-corrected chi connectivity index (χ3v) is 5.39. The molecule has 0 bridgehead atoms. The number of likely N-dealkylation sites (tertiary alicyclic amines) is 2. The summed E-state index contributed by atoms with van der Waals surface area (Å²) in [6.07, 6.45) is 3.30. The third kappa shape index (κ3) is 4.15. The quantitative estimate of drug-likeness (QED) is 0.913. The molecule has 2 aliphatic rings. The van der Waals surface area contributed by atoms with Crippen molar-refractivity contribution in [2.24, 2.45) is 17.6 Å². The van der Waals surface area contributed by atoms with E-state index < -0.39 is 0 Å². The first-order valence-corrected chi connectivity index (χ1v) is 8.98. The fourth-order valence-corrected chi connectivity index (χ4v) is 3.82. The minimum Gasteiger partial charge on any atom is -0.369 e. The van der Waals surface area contributed by atoms with Crippen LogP contribution in [0, 0.1) is 11.8 Å². The van der Waals surface area contributed by atoms with Crippen LogP contribution in [0.2, 0.25) is 0 Å². The number of piperidine rings is 2. The summed E-state index contributed by atoms with van der Waals surface area (Å²) in [6.45, 7) is 4.27. The number of carbonyl (C=O) groups is 2. The molecule has 3 rings (SSSR count). The van der Waals surface area contributed by atoms with Crippen molar-refractivity contribution in [3.8, 4) is 0 Å². The SMILES string of the molecule is NC(=O)C1CCN(C(=O)C2CCN(Cc3ccccc3)CC2)CC1. The number of rotatable bonds is 4. The average Bonchev–Trinajstić information content (AvgIpc) is 2.63. The molecule has 1 aromatic carbocycles. The predicted octanol–water partition coefficient (Wildman–Crippen LogP) is 1.62. The molecule has 130 valence electrons. The van der Waals surface area contributed by atoms with Crippen LogP contribution in [0.15, 0.2) is 30.3 Å². The Bertz CT molecular complexity index is 559. The number of benzene rings is 1. The maximum absolute atomic E-state index is 12.7. The summed E-state index contributed by atoms with van der Waals surface area (Å²) >= 11 is 0. The number of hydrogen-bond acceptors (Lipinski definition) is 3. The van der Waals surface area contributed by atoms with E-state index in [1.165, 1.54) is 5.56 Å². The van der Waals surface area contributed by atoms with E-state index in [9.17, 15) is 9.59 Å². The largest absolute Gasteiger partial charge is 0.369 e. The summed E-state index contributed by atoms with van der Waals surface area (Å²) in [6, 6.07) is 10.5. The average molecular weight is 329 g/mol. The molecule has 24 heavy (non-hydrogen) atoms. The normalized spacial score (nSPS) is 20.9.